The molecular weight excluding hydrogens is 335 g/mol. The molecule has 2 rings (SSSR count). The average Bonchev–Trinajstić information content (AvgIpc) is 2.36. The first-order valence-corrected chi connectivity index (χ1v) is 6.30. The van der Waals surface area contributed by atoms with Crippen molar-refractivity contribution in [3.8, 4) is 17.6 Å². The number of nitriles is 1. The summed E-state index contributed by atoms with van der Waals surface area (Å²) in [4.78, 5) is 0. The molecule has 0 spiro atoms. The fourth-order valence-corrected chi connectivity index (χ4v) is 2.14. The van der Waals surface area contributed by atoms with Crippen LogP contribution in [0.3, 0.4) is 0 Å². The van der Waals surface area contributed by atoms with Crippen LogP contribution in [0.2, 0.25) is 5.02 Å². The first kappa shape index (κ1) is 13.7. The van der Waals surface area contributed by atoms with Crippen LogP contribution in [0.4, 0.5) is 10.1 Å². The van der Waals surface area contributed by atoms with Gasteiger partial charge in [-0.15, -0.1) is 0 Å². The Hall–Kier alpha value is -1.77. The number of nitrogens with two attached hydrogens (primary N) is 1. The lowest BCUT2D eigenvalue weighted by Gasteiger charge is -2.09. The first-order valence-electron chi connectivity index (χ1n) is 5.13. The number of halogens is 3. The highest BCUT2D eigenvalue weighted by Crippen LogP contribution is 2.34. The van der Waals surface area contributed by atoms with Gasteiger partial charge in [-0.05, 0) is 34.1 Å². The van der Waals surface area contributed by atoms with Crippen LogP contribution in [0.1, 0.15) is 5.56 Å². The summed E-state index contributed by atoms with van der Waals surface area (Å²) in [7, 11) is 0. The van der Waals surface area contributed by atoms with E-state index in [4.69, 9.17) is 27.3 Å². The molecule has 6 heteroatoms. The molecule has 0 aromatic heterocycles. The van der Waals surface area contributed by atoms with Gasteiger partial charge in [-0.2, -0.15) is 5.26 Å². The Balaban J connectivity index is 2.34. The topological polar surface area (TPSA) is 59.0 Å². The van der Waals surface area contributed by atoms with Gasteiger partial charge in [-0.25, -0.2) is 4.39 Å². The molecule has 2 aromatic rings. The maximum absolute atomic E-state index is 13.4. The third-order valence-corrected chi connectivity index (χ3v) is 3.26. The Morgan fingerprint density at radius 1 is 1.32 bits per heavy atom. The Morgan fingerprint density at radius 3 is 2.68 bits per heavy atom. The Bertz CT molecular complexity index is 685. The zero-order valence-electron chi connectivity index (χ0n) is 9.45. The van der Waals surface area contributed by atoms with Gasteiger partial charge in [0.1, 0.15) is 23.4 Å². The van der Waals surface area contributed by atoms with Gasteiger partial charge in [0.15, 0.2) is 0 Å². The molecule has 0 bridgehead atoms. The van der Waals surface area contributed by atoms with Crippen LogP contribution in [0.5, 0.6) is 11.5 Å². The smallest absolute Gasteiger partial charge is 0.145 e. The van der Waals surface area contributed by atoms with Gasteiger partial charge in [0.25, 0.3) is 0 Å². The van der Waals surface area contributed by atoms with Crippen LogP contribution in [-0.2, 0) is 0 Å². The van der Waals surface area contributed by atoms with E-state index in [2.05, 4.69) is 15.9 Å². The molecule has 19 heavy (non-hydrogen) atoms. The lowest BCUT2D eigenvalue weighted by atomic mass is 10.2. The molecule has 2 aromatic carbocycles. The summed E-state index contributed by atoms with van der Waals surface area (Å²) in [6.45, 7) is 0. The maximum atomic E-state index is 13.4. The van der Waals surface area contributed by atoms with Crippen LogP contribution in [-0.4, -0.2) is 0 Å². The summed E-state index contributed by atoms with van der Waals surface area (Å²) in [6.07, 6.45) is 0. The molecule has 0 aliphatic heterocycles. The summed E-state index contributed by atoms with van der Waals surface area (Å²) in [5, 5.41) is 8.77. The Morgan fingerprint density at radius 2 is 2.05 bits per heavy atom. The number of anilines is 1. The zero-order chi connectivity index (χ0) is 14.0. The molecule has 96 valence electrons. The molecule has 2 N–H and O–H groups in total. The minimum atomic E-state index is -0.582. The number of nitrogens with zero attached hydrogens (tertiary/aromatic N) is 1. The molecule has 0 amide bonds. The van der Waals surface area contributed by atoms with Gasteiger partial charge in [-0.3, -0.25) is 0 Å². The van der Waals surface area contributed by atoms with Gasteiger partial charge in [0.05, 0.1) is 20.7 Å². The molecule has 0 atom stereocenters. The lowest BCUT2D eigenvalue weighted by molar-refractivity contribution is 0.474. The van der Waals surface area contributed by atoms with E-state index < -0.39 is 5.82 Å². The van der Waals surface area contributed by atoms with E-state index in [0.29, 0.717) is 21.5 Å². The van der Waals surface area contributed by atoms with Crippen molar-refractivity contribution in [2.24, 2.45) is 0 Å². The highest BCUT2D eigenvalue weighted by molar-refractivity contribution is 9.10. The summed E-state index contributed by atoms with van der Waals surface area (Å²) in [6, 6.07) is 9.12. The van der Waals surface area contributed by atoms with Crippen molar-refractivity contribution in [3.05, 3.63) is 51.2 Å². The highest BCUT2D eigenvalue weighted by atomic mass is 79.9. The van der Waals surface area contributed by atoms with Crippen molar-refractivity contribution in [2.45, 2.75) is 0 Å². The lowest BCUT2D eigenvalue weighted by Crippen LogP contribution is -1.93. The second-order valence-corrected chi connectivity index (χ2v) is 4.92. The minimum Gasteiger partial charge on any atom is -0.456 e. The molecule has 0 heterocycles. The standard InChI is InChI=1S/C13H7BrClFN2O/c14-9-4-10(15)11(16)5-13(9)19-8-2-1-7(6-17)12(18)3-8/h1-5H,18H2. The minimum absolute atomic E-state index is 0.00133. The van der Waals surface area contributed by atoms with Crippen molar-refractivity contribution in [1.82, 2.24) is 0 Å². The van der Waals surface area contributed by atoms with Crippen molar-refractivity contribution in [1.29, 1.82) is 5.26 Å². The molecule has 0 saturated heterocycles. The van der Waals surface area contributed by atoms with E-state index in [9.17, 15) is 4.39 Å². The average molecular weight is 342 g/mol. The van der Waals surface area contributed by atoms with Gasteiger partial charge < -0.3 is 10.5 Å². The summed E-state index contributed by atoms with van der Waals surface area (Å²) >= 11 is 8.86. The monoisotopic (exact) mass is 340 g/mol. The second kappa shape index (κ2) is 5.47. The third-order valence-electron chi connectivity index (χ3n) is 2.35. The van der Waals surface area contributed by atoms with Crippen molar-refractivity contribution < 1.29 is 9.13 Å². The number of hydrogen-bond acceptors (Lipinski definition) is 3. The van der Waals surface area contributed by atoms with Crippen molar-refractivity contribution >= 4 is 33.2 Å². The summed E-state index contributed by atoms with van der Waals surface area (Å²) in [5.74, 6) is 0.0893. The molecule has 0 aliphatic rings. The van der Waals surface area contributed by atoms with E-state index in [1.807, 2.05) is 6.07 Å². The molecule has 0 aliphatic carbocycles. The van der Waals surface area contributed by atoms with Crippen molar-refractivity contribution in [2.75, 3.05) is 5.73 Å². The normalized spacial score (nSPS) is 10.0. The van der Waals surface area contributed by atoms with Crippen molar-refractivity contribution in [3.63, 3.8) is 0 Å². The molecule has 0 fully saturated rings. The SMILES string of the molecule is N#Cc1ccc(Oc2cc(F)c(Cl)cc2Br)cc1N. The van der Waals surface area contributed by atoms with E-state index >= 15 is 0 Å². The van der Waals surface area contributed by atoms with E-state index in [1.165, 1.54) is 24.3 Å². The predicted octanol–water partition coefficient (Wildman–Crippen LogP) is 4.49. The maximum Gasteiger partial charge on any atom is 0.145 e. The first-order chi connectivity index (χ1) is 9.01. The van der Waals surface area contributed by atoms with Crippen LogP contribution in [0.25, 0.3) is 0 Å². The summed E-state index contributed by atoms with van der Waals surface area (Å²) in [5.41, 5.74) is 6.32. The third kappa shape index (κ3) is 2.98. The molecule has 0 unspecified atom stereocenters. The second-order valence-electron chi connectivity index (χ2n) is 3.66. The predicted molar refractivity (Wildman–Crippen MR) is 74.8 cm³/mol. The molecule has 3 nitrogen and oxygen atoms in total. The largest absolute Gasteiger partial charge is 0.456 e. The Labute approximate surface area is 122 Å². The van der Waals surface area contributed by atoms with Crippen LogP contribution in [0.15, 0.2) is 34.8 Å². The van der Waals surface area contributed by atoms with Crippen LogP contribution < -0.4 is 10.5 Å². The fraction of sp³-hybridized carbons (Fsp3) is 0. The summed E-state index contributed by atoms with van der Waals surface area (Å²) < 4.78 is 19.4. The molecular formula is C13H7BrClFN2O. The molecule has 0 radical (unpaired) electrons. The number of benzene rings is 2. The number of rotatable bonds is 2. The number of hydrogen-bond donors (Lipinski definition) is 1. The Kier molecular flexibility index (Phi) is 3.93. The van der Waals surface area contributed by atoms with E-state index in [-0.39, 0.29) is 10.8 Å². The van der Waals surface area contributed by atoms with Gasteiger partial charge in [0, 0.05) is 12.1 Å². The van der Waals surface area contributed by atoms with Crippen LogP contribution in [0, 0.1) is 17.1 Å². The van der Waals surface area contributed by atoms with Gasteiger partial charge in [0.2, 0.25) is 0 Å². The van der Waals surface area contributed by atoms with Gasteiger partial charge >= 0.3 is 0 Å². The van der Waals surface area contributed by atoms with E-state index in [0.717, 1.165) is 0 Å². The quantitative estimate of drug-likeness (QED) is 0.647. The number of ether oxygens (including phenoxy) is 1. The van der Waals surface area contributed by atoms with Crippen LogP contribution >= 0.6 is 27.5 Å². The fourth-order valence-electron chi connectivity index (χ4n) is 1.42. The highest BCUT2D eigenvalue weighted by Gasteiger charge is 2.09. The number of nitrogen functional groups attached to an aromatic ring is 1. The van der Waals surface area contributed by atoms with Gasteiger partial charge in [-0.1, -0.05) is 11.6 Å². The zero-order valence-corrected chi connectivity index (χ0v) is 11.8. The van der Waals surface area contributed by atoms with E-state index in [1.54, 1.807) is 6.07 Å². The molecule has 0 saturated carbocycles.